The standard InChI is InChI=1S/C16H16F2N2O/c17-12-2-1-11(16(18)7-12)10-21-15-6-5-14(20-9-15)8-19-13-3-4-13/h1-2,5-7,9,13,19H,3-4,8,10H2. The van der Waals surface area contributed by atoms with Gasteiger partial charge in [0.25, 0.3) is 0 Å². The summed E-state index contributed by atoms with van der Waals surface area (Å²) in [6.07, 6.45) is 4.10. The number of ether oxygens (including phenoxy) is 1. The van der Waals surface area contributed by atoms with E-state index in [1.807, 2.05) is 6.07 Å². The number of benzene rings is 1. The lowest BCUT2D eigenvalue weighted by atomic mass is 10.2. The Morgan fingerprint density at radius 2 is 2.05 bits per heavy atom. The van der Waals surface area contributed by atoms with Crippen molar-refractivity contribution in [2.45, 2.75) is 32.0 Å². The Hall–Kier alpha value is -2.01. The fourth-order valence-corrected chi connectivity index (χ4v) is 1.94. The average Bonchev–Trinajstić information content (AvgIpc) is 3.30. The molecule has 0 radical (unpaired) electrons. The first-order valence-corrected chi connectivity index (χ1v) is 6.96. The Morgan fingerprint density at radius 3 is 2.71 bits per heavy atom. The average molecular weight is 290 g/mol. The summed E-state index contributed by atoms with van der Waals surface area (Å²) in [5.41, 5.74) is 1.26. The third-order valence-electron chi connectivity index (χ3n) is 3.36. The molecule has 0 aliphatic heterocycles. The molecule has 3 rings (SSSR count). The molecule has 5 heteroatoms. The summed E-state index contributed by atoms with van der Waals surface area (Å²) in [7, 11) is 0. The molecule has 110 valence electrons. The van der Waals surface area contributed by atoms with Gasteiger partial charge in [-0.2, -0.15) is 0 Å². The molecule has 1 fully saturated rings. The molecule has 1 aliphatic rings. The zero-order chi connectivity index (χ0) is 14.7. The molecule has 0 bridgehead atoms. The van der Waals surface area contributed by atoms with Gasteiger partial charge >= 0.3 is 0 Å². The second-order valence-electron chi connectivity index (χ2n) is 5.16. The molecule has 1 heterocycles. The number of nitrogens with one attached hydrogen (secondary N) is 1. The fourth-order valence-electron chi connectivity index (χ4n) is 1.94. The second-order valence-corrected chi connectivity index (χ2v) is 5.16. The largest absolute Gasteiger partial charge is 0.487 e. The topological polar surface area (TPSA) is 34.1 Å². The van der Waals surface area contributed by atoms with Gasteiger partial charge in [-0.15, -0.1) is 0 Å². The molecule has 1 aromatic heterocycles. The van der Waals surface area contributed by atoms with Crippen molar-refractivity contribution in [2.75, 3.05) is 0 Å². The van der Waals surface area contributed by atoms with Crippen LogP contribution in [0.4, 0.5) is 8.78 Å². The third kappa shape index (κ3) is 3.98. The van der Waals surface area contributed by atoms with E-state index in [0.717, 1.165) is 18.3 Å². The maximum absolute atomic E-state index is 13.5. The fraction of sp³-hybridized carbons (Fsp3) is 0.312. The predicted octanol–water partition coefficient (Wildman–Crippen LogP) is 3.19. The number of hydrogen-bond donors (Lipinski definition) is 1. The van der Waals surface area contributed by atoms with E-state index in [9.17, 15) is 8.78 Å². The molecule has 3 nitrogen and oxygen atoms in total. The van der Waals surface area contributed by atoms with Crippen molar-refractivity contribution in [3.05, 3.63) is 59.4 Å². The van der Waals surface area contributed by atoms with Crippen LogP contribution >= 0.6 is 0 Å². The van der Waals surface area contributed by atoms with Gasteiger partial charge in [-0.25, -0.2) is 8.78 Å². The quantitative estimate of drug-likeness (QED) is 0.887. The number of halogens is 2. The van der Waals surface area contributed by atoms with Gasteiger partial charge in [-0.05, 0) is 37.1 Å². The SMILES string of the molecule is Fc1ccc(COc2ccc(CNC3CC3)nc2)c(F)c1. The Labute approximate surface area is 122 Å². The first-order chi connectivity index (χ1) is 10.2. The highest BCUT2D eigenvalue weighted by Gasteiger charge is 2.20. The summed E-state index contributed by atoms with van der Waals surface area (Å²) in [5.74, 6) is -0.632. The maximum Gasteiger partial charge on any atom is 0.138 e. The van der Waals surface area contributed by atoms with Gasteiger partial charge in [0.15, 0.2) is 0 Å². The van der Waals surface area contributed by atoms with Crippen LogP contribution in [0.2, 0.25) is 0 Å². The van der Waals surface area contributed by atoms with Crippen LogP contribution in [0.3, 0.4) is 0 Å². The molecule has 21 heavy (non-hydrogen) atoms. The number of hydrogen-bond acceptors (Lipinski definition) is 3. The number of nitrogens with zero attached hydrogens (tertiary/aromatic N) is 1. The van der Waals surface area contributed by atoms with E-state index in [1.165, 1.54) is 25.0 Å². The monoisotopic (exact) mass is 290 g/mol. The number of pyridine rings is 1. The molecular weight excluding hydrogens is 274 g/mol. The number of aromatic nitrogens is 1. The molecule has 0 spiro atoms. The summed E-state index contributed by atoms with van der Waals surface area (Å²) in [5, 5.41) is 3.37. The highest BCUT2D eigenvalue weighted by atomic mass is 19.1. The highest BCUT2D eigenvalue weighted by molar-refractivity contribution is 5.22. The zero-order valence-electron chi connectivity index (χ0n) is 11.5. The Balaban J connectivity index is 1.54. The van der Waals surface area contributed by atoms with Gasteiger partial charge in [0.1, 0.15) is 24.0 Å². The van der Waals surface area contributed by atoms with Crippen molar-refractivity contribution in [3.8, 4) is 5.75 Å². The van der Waals surface area contributed by atoms with Crippen LogP contribution in [0.1, 0.15) is 24.1 Å². The van der Waals surface area contributed by atoms with E-state index < -0.39 is 11.6 Å². The van der Waals surface area contributed by atoms with Crippen molar-refractivity contribution >= 4 is 0 Å². The molecule has 1 aromatic carbocycles. The molecule has 0 saturated heterocycles. The van der Waals surface area contributed by atoms with E-state index in [4.69, 9.17) is 4.74 Å². The van der Waals surface area contributed by atoms with Gasteiger partial charge in [0, 0.05) is 24.2 Å². The lowest BCUT2D eigenvalue weighted by Gasteiger charge is -2.08. The molecule has 0 amide bonds. The van der Waals surface area contributed by atoms with Gasteiger partial charge in [-0.1, -0.05) is 0 Å². The summed E-state index contributed by atoms with van der Waals surface area (Å²) >= 11 is 0. The lowest BCUT2D eigenvalue weighted by molar-refractivity contribution is 0.298. The van der Waals surface area contributed by atoms with E-state index in [2.05, 4.69) is 10.3 Å². The van der Waals surface area contributed by atoms with Crippen LogP contribution in [0.15, 0.2) is 36.5 Å². The van der Waals surface area contributed by atoms with Crippen molar-refractivity contribution in [2.24, 2.45) is 0 Å². The minimum Gasteiger partial charge on any atom is -0.487 e. The summed E-state index contributed by atoms with van der Waals surface area (Å²) in [6.45, 7) is 0.797. The van der Waals surface area contributed by atoms with Crippen molar-refractivity contribution < 1.29 is 13.5 Å². The maximum atomic E-state index is 13.5. The lowest BCUT2D eigenvalue weighted by Crippen LogP contribution is -2.16. The summed E-state index contributed by atoms with van der Waals surface area (Å²) in [4.78, 5) is 4.29. The molecule has 0 atom stereocenters. The molecule has 2 aromatic rings. The van der Waals surface area contributed by atoms with Crippen LogP contribution in [0.25, 0.3) is 0 Å². The van der Waals surface area contributed by atoms with Crippen molar-refractivity contribution in [3.63, 3.8) is 0 Å². The van der Waals surface area contributed by atoms with Gasteiger partial charge < -0.3 is 10.1 Å². The van der Waals surface area contributed by atoms with Crippen LogP contribution in [0.5, 0.6) is 5.75 Å². The highest BCUT2D eigenvalue weighted by Crippen LogP contribution is 2.19. The Morgan fingerprint density at radius 1 is 1.19 bits per heavy atom. The van der Waals surface area contributed by atoms with Crippen molar-refractivity contribution in [1.82, 2.24) is 10.3 Å². The zero-order valence-corrected chi connectivity index (χ0v) is 11.5. The van der Waals surface area contributed by atoms with Gasteiger partial charge in [-0.3, -0.25) is 4.98 Å². The first-order valence-electron chi connectivity index (χ1n) is 6.96. The third-order valence-corrected chi connectivity index (χ3v) is 3.36. The van der Waals surface area contributed by atoms with Gasteiger partial charge in [0.05, 0.1) is 11.9 Å². The Kier molecular flexibility index (Phi) is 4.10. The molecule has 1 aliphatic carbocycles. The minimum absolute atomic E-state index is 0.0491. The second kappa shape index (κ2) is 6.18. The predicted molar refractivity (Wildman–Crippen MR) is 74.8 cm³/mol. The Bertz CT molecular complexity index is 612. The normalized spacial score (nSPS) is 14.2. The van der Waals surface area contributed by atoms with Crippen LogP contribution in [0, 0.1) is 11.6 Å². The first kappa shape index (κ1) is 13.9. The van der Waals surface area contributed by atoms with Crippen LogP contribution in [-0.4, -0.2) is 11.0 Å². The van der Waals surface area contributed by atoms with E-state index in [-0.39, 0.29) is 6.61 Å². The minimum atomic E-state index is -0.604. The van der Waals surface area contributed by atoms with Crippen molar-refractivity contribution in [1.29, 1.82) is 0 Å². The molecule has 1 N–H and O–H groups in total. The van der Waals surface area contributed by atoms with E-state index >= 15 is 0 Å². The van der Waals surface area contributed by atoms with Gasteiger partial charge in [0.2, 0.25) is 0 Å². The molecule has 0 unspecified atom stereocenters. The summed E-state index contributed by atoms with van der Waals surface area (Å²) < 4.78 is 31.7. The van der Waals surface area contributed by atoms with E-state index in [1.54, 1.807) is 12.3 Å². The van der Waals surface area contributed by atoms with Crippen LogP contribution in [-0.2, 0) is 13.2 Å². The smallest absolute Gasteiger partial charge is 0.138 e. The van der Waals surface area contributed by atoms with E-state index in [0.29, 0.717) is 17.4 Å². The molecular formula is C16H16F2N2O. The number of rotatable bonds is 6. The molecule has 1 saturated carbocycles. The van der Waals surface area contributed by atoms with Crippen LogP contribution < -0.4 is 10.1 Å². The summed E-state index contributed by atoms with van der Waals surface area (Å²) in [6, 6.07) is 7.77.